The lowest BCUT2D eigenvalue weighted by atomic mass is 9.85. The number of anilines is 1. The lowest BCUT2D eigenvalue weighted by molar-refractivity contribution is -0.156. The van der Waals surface area contributed by atoms with Crippen LogP contribution in [-0.4, -0.2) is 61.8 Å². The van der Waals surface area contributed by atoms with Crippen LogP contribution < -0.4 is 4.90 Å². The van der Waals surface area contributed by atoms with Crippen molar-refractivity contribution in [2.75, 3.05) is 38.3 Å². The Morgan fingerprint density at radius 1 is 1.38 bits per heavy atom. The summed E-state index contributed by atoms with van der Waals surface area (Å²) < 4.78 is 10.9. The van der Waals surface area contributed by atoms with Crippen molar-refractivity contribution in [3.05, 3.63) is 30.3 Å². The zero-order valence-corrected chi connectivity index (χ0v) is 14.2. The second-order valence-corrected chi connectivity index (χ2v) is 6.55. The van der Waals surface area contributed by atoms with Gasteiger partial charge in [-0.3, -0.25) is 9.59 Å². The quantitative estimate of drug-likeness (QED) is 0.837. The van der Waals surface area contributed by atoms with Crippen LogP contribution in [0.5, 0.6) is 0 Å². The van der Waals surface area contributed by atoms with E-state index in [2.05, 4.69) is 0 Å². The Bertz CT molecular complexity index is 606. The number of benzene rings is 1. The smallest absolute Gasteiger partial charge is 0.253 e. The van der Waals surface area contributed by atoms with E-state index in [1.807, 2.05) is 42.2 Å². The molecule has 130 valence electrons. The van der Waals surface area contributed by atoms with Crippen molar-refractivity contribution in [1.82, 2.24) is 4.90 Å². The zero-order valence-electron chi connectivity index (χ0n) is 14.2. The van der Waals surface area contributed by atoms with Gasteiger partial charge in [-0.05, 0) is 25.5 Å². The molecule has 0 bridgehead atoms. The molecule has 2 heterocycles. The monoisotopic (exact) mass is 332 g/mol. The summed E-state index contributed by atoms with van der Waals surface area (Å²) in [7, 11) is 1.59. The molecule has 2 atom stereocenters. The molecule has 0 aliphatic carbocycles. The van der Waals surface area contributed by atoms with Gasteiger partial charge < -0.3 is 19.3 Å². The van der Waals surface area contributed by atoms with Crippen LogP contribution in [0.3, 0.4) is 0 Å². The minimum absolute atomic E-state index is 0.0601. The molecule has 0 unspecified atom stereocenters. The molecule has 6 heteroatoms. The van der Waals surface area contributed by atoms with Gasteiger partial charge in [0.25, 0.3) is 5.91 Å². The first-order chi connectivity index (χ1) is 11.5. The van der Waals surface area contributed by atoms with Crippen molar-refractivity contribution >= 4 is 17.5 Å². The predicted molar refractivity (Wildman–Crippen MR) is 89.8 cm³/mol. The minimum atomic E-state index is -0.429. The fourth-order valence-electron chi connectivity index (χ4n) is 3.50. The number of morpholine rings is 1. The predicted octanol–water partition coefficient (Wildman–Crippen LogP) is 1.45. The lowest BCUT2D eigenvalue weighted by Gasteiger charge is -2.52. The summed E-state index contributed by atoms with van der Waals surface area (Å²) in [6.45, 7) is 3.66. The molecule has 2 fully saturated rings. The number of piperidine rings is 1. The average Bonchev–Trinajstić information content (AvgIpc) is 2.60. The molecule has 2 saturated heterocycles. The molecule has 3 rings (SSSR count). The Hall–Kier alpha value is -1.92. The first-order valence-corrected chi connectivity index (χ1v) is 8.33. The van der Waals surface area contributed by atoms with Crippen molar-refractivity contribution in [3.63, 3.8) is 0 Å². The second-order valence-electron chi connectivity index (χ2n) is 6.55. The average molecular weight is 332 g/mol. The molecule has 6 nitrogen and oxygen atoms in total. The van der Waals surface area contributed by atoms with Crippen molar-refractivity contribution in [1.29, 1.82) is 0 Å². The van der Waals surface area contributed by atoms with E-state index in [9.17, 15) is 9.59 Å². The third-order valence-corrected chi connectivity index (χ3v) is 4.99. The number of hydrogen-bond acceptors (Lipinski definition) is 4. The van der Waals surface area contributed by atoms with Gasteiger partial charge >= 0.3 is 0 Å². The number of likely N-dealkylation sites (tertiary alicyclic amines) is 1. The van der Waals surface area contributed by atoms with Crippen molar-refractivity contribution < 1.29 is 19.1 Å². The van der Waals surface area contributed by atoms with Crippen LogP contribution in [0.2, 0.25) is 0 Å². The van der Waals surface area contributed by atoms with Crippen molar-refractivity contribution in [3.8, 4) is 0 Å². The standard InChI is InChI=1S/C18H24N2O4/c1-18-9-10-19(16(21)8-11-23-2)12-15(18)20(17(22)13-24-18)14-6-4-3-5-7-14/h3-7,15H,8-13H2,1-2H3/t15-,18-/m1/s1. The molecular weight excluding hydrogens is 308 g/mol. The minimum Gasteiger partial charge on any atom is -0.384 e. The number of hydrogen-bond donors (Lipinski definition) is 0. The SMILES string of the molecule is COCCC(=O)N1CC[C@@]2(C)OCC(=O)N(c3ccccc3)[C@@H]2C1. The Kier molecular flexibility index (Phi) is 4.87. The van der Waals surface area contributed by atoms with Gasteiger partial charge in [-0.15, -0.1) is 0 Å². The lowest BCUT2D eigenvalue weighted by Crippen LogP contribution is -2.68. The molecule has 0 N–H and O–H groups in total. The van der Waals surface area contributed by atoms with E-state index in [-0.39, 0.29) is 24.5 Å². The van der Waals surface area contributed by atoms with Crippen LogP contribution in [-0.2, 0) is 19.1 Å². The highest BCUT2D eigenvalue weighted by Gasteiger charge is 2.49. The van der Waals surface area contributed by atoms with E-state index in [1.165, 1.54) is 0 Å². The van der Waals surface area contributed by atoms with E-state index in [0.717, 1.165) is 5.69 Å². The number of rotatable bonds is 4. The maximum absolute atomic E-state index is 12.5. The molecular formula is C18H24N2O4. The van der Waals surface area contributed by atoms with Gasteiger partial charge in [0.1, 0.15) is 6.61 Å². The Labute approximate surface area is 142 Å². The highest BCUT2D eigenvalue weighted by Crippen LogP contribution is 2.36. The number of methoxy groups -OCH3 is 1. The maximum atomic E-state index is 12.5. The number of amides is 2. The molecule has 0 saturated carbocycles. The van der Waals surface area contributed by atoms with Gasteiger partial charge in [0.2, 0.25) is 5.91 Å². The van der Waals surface area contributed by atoms with Gasteiger partial charge in [-0.1, -0.05) is 18.2 Å². The summed E-state index contributed by atoms with van der Waals surface area (Å²) in [5.41, 5.74) is 0.426. The number of carbonyl (C=O) groups is 2. The number of carbonyl (C=O) groups excluding carboxylic acids is 2. The highest BCUT2D eigenvalue weighted by molar-refractivity contribution is 5.96. The summed E-state index contributed by atoms with van der Waals surface area (Å²) in [6.07, 6.45) is 1.08. The second kappa shape index (κ2) is 6.91. The summed E-state index contributed by atoms with van der Waals surface area (Å²) in [5.74, 6) is -0.000186. The van der Waals surface area contributed by atoms with Gasteiger partial charge in [0, 0.05) is 25.9 Å². The van der Waals surface area contributed by atoms with Crippen LogP contribution in [0.4, 0.5) is 5.69 Å². The molecule has 2 aliphatic rings. The fourth-order valence-corrected chi connectivity index (χ4v) is 3.50. The van der Waals surface area contributed by atoms with Gasteiger partial charge in [-0.25, -0.2) is 0 Å². The fraction of sp³-hybridized carbons (Fsp3) is 0.556. The molecule has 1 aromatic rings. The van der Waals surface area contributed by atoms with E-state index in [1.54, 1.807) is 12.0 Å². The third kappa shape index (κ3) is 3.16. The number of nitrogens with zero attached hydrogens (tertiary/aromatic N) is 2. The molecule has 2 amide bonds. The zero-order chi connectivity index (χ0) is 17.2. The summed E-state index contributed by atoms with van der Waals surface area (Å²) in [6, 6.07) is 9.43. The van der Waals surface area contributed by atoms with Crippen LogP contribution in [0, 0.1) is 0 Å². The Morgan fingerprint density at radius 3 is 2.83 bits per heavy atom. The van der Waals surface area contributed by atoms with Crippen LogP contribution >= 0.6 is 0 Å². The summed E-state index contributed by atoms with van der Waals surface area (Å²) >= 11 is 0. The number of ether oxygens (including phenoxy) is 2. The summed E-state index contributed by atoms with van der Waals surface area (Å²) in [5, 5.41) is 0. The molecule has 24 heavy (non-hydrogen) atoms. The third-order valence-electron chi connectivity index (χ3n) is 4.99. The van der Waals surface area contributed by atoms with E-state index >= 15 is 0 Å². The first-order valence-electron chi connectivity index (χ1n) is 8.33. The number of para-hydroxylation sites is 1. The van der Waals surface area contributed by atoms with E-state index in [0.29, 0.717) is 32.5 Å². The van der Waals surface area contributed by atoms with E-state index < -0.39 is 5.60 Å². The Balaban J connectivity index is 1.84. The molecule has 0 radical (unpaired) electrons. The van der Waals surface area contributed by atoms with E-state index in [4.69, 9.17) is 9.47 Å². The highest BCUT2D eigenvalue weighted by atomic mass is 16.5. The molecule has 0 spiro atoms. The normalized spacial score (nSPS) is 27.1. The van der Waals surface area contributed by atoms with Crippen LogP contribution in [0.25, 0.3) is 0 Å². The topological polar surface area (TPSA) is 59.1 Å². The van der Waals surface area contributed by atoms with Gasteiger partial charge in [0.15, 0.2) is 0 Å². The first kappa shape index (κ1) is 16.9. The maximum Gasteiger partial charge on any atom is 0.253 e. The summed E-state index contributed by atoms with van der Waals surface area (Å²) in [4.78, 5) is 28.5. The van der Waals surface area contributed by atoms with Crippen molar-refractivity contribution in [2.24, 2.45) is 0 Å². The van der Waals surface area contributed by atoms with Crippen LogP contribution in [0.1, 0.15) is 19.8 Å². The van der Waals surface area contributed by atoms with Crippen LogP contribution in [0.15, 0.2) is 30.3 Å². The van der Waals surface area contributed by atoms with Crippen molar-refractivity contribution in [2.45, 2.75) is 31.4 Å². The largest absolute Gasteiger partial charge is 0.384 e. The van der Waals surface area contributed by atoms with Gasteiger partial charge in [-0.2, -0.15) is 0 Å². The molecule has 1 aromatic carbocycles. The Morgan fingerprint density at radius 2 is 2.12 bits per heavy atom. The molecule has 0 aromatic heterocycles. The number of fused-ring (bicyclic) bond motifs is 1. The van der Waals surface area contributed by atoms with Gasteiger partial charge in [0.05, 0.1) is 24.7 Å². The molecule has 2 aliphatic heterocycles.